The van der Waals surface area contributed by atoms with E-state index in [-0.39, 0.29) is 17.9 Å². The first-order chi connectivity index (χ1) is 18.6. The van der Waals surface area contributed by atoms with Crippen LogP contribution in [0.15, 0.2) is 54.6 Å². The molecule has 6 heteroatoms. The van der Waals surface area contributed by atoms with Gasteiger partial charge >= 0.3 is 0 Å². The molecule has 1 spiro atoms. The quantitative estimate of drug-likeness (QED) is 0.449. The van der Waals surface area contributed by atoms with Crippen LogP contribution in [0, 0.1) is 5.92 Å². The summed E-state index contributed by atoms with van der Waals surface area (Å²) in [4.78, 5) is 31.8. The Balaban J connectivity index is 1.20. The summed E-state index contributed by atoms with van der Waals surface area (Å²) in [5, 5.41) is 3.21. The third-order valence-electron chi connectivity index (χ3n) is 8.83. The number of nitrogens with one attached hydrogen (secondary N) is 1. The zero-order chi connectivity index (χ0) is 26.4. The number of piperazine rings is 1. The van der Waals surface area contributed by atoms with Crippen LogP contribution in [-0.2, 0) is 16.1 Å². The van der Waals surface area contributed by atoms with Crippen molar-refractivity contribution in [1.82, 2.24) is 15.1 Å². The number of ether oxygens (including phenoxy) is 1. The number of nitrogens with zero attached hydrogens (tertiary/aromatic N) is 2. The minimum Gasteiger partial charge on any atom is -0.457 e. The molecule has 0 unspecified atom stereocenters. The minimum absolute atomic E-state index is 0.0797. The molecule has 2 aromatic rings. The number of para-hydroxylation sites is 1. The second kappa shape index (κ2) is 12.3. The number of benzene rings is 2. The lowest BCUT2D eigenvalue weighted by molar-refractivity contribution is -0.162. The lowest BCUT2D eigenvalue weighted by atomic mass is 9.79. The standard InChI is InChI=1S/C32H43N3O3/c1-2-3-20-35-30(36)29(23-25-10-6-4-7-11-25)33-31(37)32(35)18-21-34(22-19-32)24-26-14-16-28(17-15-26)38-27-12-8-5-9-13-27/h5,8-9,12-17,25,29H,2-4,6-7,10-11,18-24H2,1H3,(H,33,37)/t29-/m0/s1. The minimum atomic E-state index is -0.695. The van der Waals surface area contributed by atoms with Crippen LogP contribution in [0.25, 0.3) is 0 Å². The molecule has 1 aliphatic carbocycles. The number of hydrogen-bond donors (Lipinski definition) is 1. The largest absolute Gasteiger partial charge is 0.457 e. The Morgan fingerprint density at radius 3 is 2.29 bits per heavy atom. The summed E-state index contributed by atoms with van der Waals surface area (Å²) in [6.45, 7) is 5.28. The topological polar surface area (TPSA) is 61.9 Å². The Morgan fingerprint density at radius 1 is 0.921 bits per heavy atom. The van der Waals surface area contributed by atoms with Crippen molar-refractivity contribution in [1.29, 1.82) is 0 Å². The van der Waals surface area contributed by atoms with Crippen molar-refractivity contribution in [2.45, 2.75) is 89.3 Å². The summed E-state index contributed by atoms with van der Waals surface area (Å²) in [6, 6.07) is 17.7. The van der Waals surface area contributed by atoms with Gasteiger partial charge in [-0.25, -0.2) is 0 Å². The van der Waals surface area contributed by atoms with E-state index in [0.29, 0.717) is 25.3 Å². The van der Waals surface area contributed by atoms with Crippen molar-refractivity contribution >= 4 is 11.8 Å². The van der Waals surface area contributed by atoms with Crippen LogP contribution in [0.2, 0.25) is 0 Å². The van der Waals surface area contributed by atoms with Crippen LogP contribution >= 0.6 is 0 Å². The summed E-state index contributed by atoms with van der Waals surface area (Å²) in [7, 11) is 0. The van der Waals surface area contributed by atoms with Crippen LogP contribution in [0.3, 0.4) is 0 Å². The average molecular weight is 518 g/mol. The zero-order valence-electron chi connectivity index (χ0n) is 22.9. The molecule has 0 radical (unpaired) electrons. The van der Waals surface area contributed by atoms with Gasteiger partial charge in [0.05, 0.1) is 0 Å². The molecule has 2 saturated heterocycles. The molecule has 1 N–H and O–H groups in total. The highest BCUT2D eigenvalue weighted by atomic mass is 16.5. The van der Waals surface area contributed by atoms with Crippen molar-refractivity contribution in [2.24, 2.45) is 5.92 Å². The number of piperidine rings is 1. The number of rotatable bonds is 9. The second-order valence-corrected chi connectivity index (χ2v) is 11.5. The van der Waals surface area contributed by atoms with E-state index in [4.69, 9.17) is 4.74 Å². The molecule has 204 valence electrons. The summed E-state index contributed by atoms with van der Waals surface area (Å²) in [5.41, 5.74) is 0.528. The van der Waals surface area contributed by atoms with Gasteiger partial charge in [-0.1, -0.05) is 75.8 Å². The van der Waals surface area contributed by atoms with Gasteiger partial charge in [-0.3, -0.25) is 14.5 Å². The monoisotopic (exact) mass is 517 g/mol. The van der Waals surface area contributed by atoms with Crippen LogP contribution in [-0.4, -0.2) is 52.8 Å². The first-order valence-electron chi connectivity index (χ1n) is 14.7. The molecule has 3 fully saturated rings. The molecule has 2 aliphatic heterocycles. The molecular weight excluding hydrogens is 474 g/mol. The van der Waals surface area contributed by atoms with Crippen LogP contribution in [0.5, 0.6) is 11.5 Å². The Kier molecular flexibility index (Phi) is 8.68. The molecule has 1 saturated carbocycles. The maximum atomic E-state index is 13.7. The van der Waals surface area contributed by atoms with Crippen LogP contribution < -0.4 is 10.1 Å². The maximum absolute atomic E-state index is 13.7. The Labute approximate surface area is 227 Å². The summed E-state index contributed by atoms with van der Waals surface area (Å²) >= 11 is 0. The highest BCUT2D eigenvalue weighted by Crippen LogP contribution is 2.36. The van der Waals surface area contributed by atoms with E-state index in [1.807, 2.05) is 47.4 Å². The fraction of sp³-hybridized carbons (Fsp3) is 0.562. The lowest BCUT2D eigenvalue weighted by Gasteiger charge is -2.52. The van der Waals surface area contributed by atoms with E-state index >= 15 is 0 Å². The van der Waals surface area contributed by atoms with Crippen molar-refractivity contribution in [3.63, 3.8) is 0 Å². The van der Waals surface area contributed by atoms with Gasteiger partial charge in [0.15, 0.2) is 0 Å². The summed E-state index contributed by atoms with van der Waals surface area (Å²) in [6.07, 6.45) is 10.3. The SMILES string of the molecule is CCCCN1C(=O)[C@H](CC2CCCCC2)NC(=O)C12CCN(Cc1ccc(Oc3ccccc3)cc1)CC2. The van der Waals surface area contributed by atoms with Crippen molar-refractivity contribution in [2.75, 3.05) is 19.6 Å². The molecule has 2 aromatic carbocycles. The number of amides is 2. The molecule has 0 aromatic heterocycles. The fourth-order valence-electron chi connectivity index (χ4n) is 6.56. The molecule has 6 nitrogen and oxygen atoms in total. The molecule has 5 rings (SSSR count). The number of carbonyl (C=O) groups excluding carboxylic acids is 2. The third kappa shape index (κ3) is 6.06. The summed E-state index contributed by atoms with van der Waals surface area (Å²) < 4.78 is 5.93. The van der Waals surface area contributed by atoms with Crippen molar-refractivity contribution < 1.29 is 14.3 Å². The maximum Gasteiger partial charge on any atom is 0.246 e. The Bertz CT molecular complexity index is 1060. The number of hydrogen-bond acceptors (Lipinski definition) is 4. The molecule has 2 amide bonds. The normalized spacial score (nSPS) is 22.4. The van der Waals surface area contributed by atoms with E-state index in [1.165, 1.54) is 37.7 Å². The van der Waals surface area contributed by atoms with Gasteiger partial charge in [-0.05, 0) is 61.4 Å². The van der Waals surface area contributed by atoms with E-state index in [0.717, 1.165) is 50.4 Å². The average Bonchev–Trinajstić information content (AvgIpc) is 2.95. The van der Waals surface area contributed by atoms with Gasteiger partial charge in [0.25, 0.3) is 0 Å². The molecule has 38 heavy (non-hydrogen) atoms. The van der Waals surface area contributed by atoms with E-state index in [1.54, 1.807) is 0 Å². The molecule has 3 aliphatic rings. The smallest absolute Gasteiger partial charge is 0.246 e. The fourth-order valence-corrected chi connectivity index (χ4v) is 6.56. The first-order valence-corrected chi connectivity index (χ1v) is 14.7. The van der Waals surface area contributed by atoms with Gasteiger partial charge in [0.2, 0.25) is 11.8 Å². The van der Waals surface area contributed by atoms with Crippen LogP contribution in [0.1, 0.15) is 76.7 Å². The van der Waals surface area contributed by atoms with E-state index in [2.05, 4.69) is 29.3 Å². The Hall–Kier alpha value is -2.86. The van der Waals surface area contributed by atoms with Gasteiger partial charge in [0.1, 0.15) is 23.1 Å². The molecular formula is C32H43N3O3. The predicted octanol–water partition coefficient (Wildman–Crippen LogP) is 5.91. The third-order valence-corrected chi connectivity index (χ3v) is 8.83. The van der Waals surface area contributed by atoms with Gasteiger partial charge in [0, 0.05) is 26.2 Å². The lowest BCUT2D eigenvalue weighted by Crippen LogP contribution is -2.73. The van der Waals surface area contributed by atoms with Gasteiger partial charge in [-0.2, -0.15) is 0 Å². The number of carbonyl (C=O) groups is 2. The van der Waals surface area contributed by atoms with Crippen LogP contribution in [0.4, 0.5) is 0 Å². The highest BCUT2D eigenvalue weighted by Gasteiger charge is 2.53. The zero-order valence-corrected chi connectivity index (χ0v) is 22.9. The Morgan fingerprint density at radius 2 is 1.61 bits per heavy atom. The molecule has 0 bridgehead atoms. The van der Waals surface area contributed by atoms with E-state index in [9.17, 15) is 9.59 Å². The number of likely N-dealkylation sites (tertiary alicyclic amines) is 1. The molecule has 2 heterocycles. The first kappa shape index (κ1) is 26.7. The predicted molar refractivity (Wildman–Crippen MR) is 150 cm³/mol. The van der Waals surface area contributed by atoms with Gasteiger partial charge in [-0.15, -0.1) is 0 Å². The highest BCUT2D eigenvalue weighted by molar-refractivity contribution is 6.00. The van der Waals surface area contributed by atoms with Gasteiger partial charge < -0.3 is 15.0 Å². The summed E-state index contributed by atoms with van der Waals surface area (Å²) in [5.74, 6) is 2.45. The van der Waals surface area contributed by atoms with Crippen molar-refractivity contribution in [3.05, 3.63) is 60.2 Å². The number of unbranched alkanes of at least 4 members (excludes halogenated alkanes) is 1. The van der Waals surface area contributed by atoms with E-state index < -0.39 is 5.54 Å². The second-order valence-electron chi connectivity index (χ2n) is 11.5. The van der Waals surface area contributed by atoms with Crippen molar-refractivity contribution in [3.8, 4) is 11.5 Å². The molecule has 1 atom stereocenters.